The van der Waals surface area contributed by atoms with Gasteiger partial charge in [-0.25, -0.2) is 8.78 Å². The van der Waals surface area contributed by atoms with E-state index in [1.165, 1.54) is 50.5 Å². The molecule has 160 valence electrons. The van der Waals surface area contributed by atoms with E-state index in [0.717, 1.165) is 37.2 Å². The van der Waals surface area contributed by atoms with Crippen molar-refractivity contribution in [1.82, 2.24) is 0 Å². The number of benzene rings is 1. The molecule has 0 heterocycles. The normalized spacial score (nSPS) is 24.6. The van der Waals surface area contributed by atoms with Crippen molar-refractivity contribution in [3.63, 3.8) is 0 Å². The molecule has 0 aromatic heterocycles. The molecule has 1 saturated carbocycles. The van der Waals surface area contributed by atoms with Crippen LogP contribution in [0.2, 0.25) is 0 Å². The topological polar surface area (TPSA) is 0 Å². The van der Waals surface area contributed by atoms with Gasteiger partial charge in [-0.15, -0.1) is 0 Å². The van der Waals surface area contributed by atoms with Crippen molar-refractivity contribution < 1.29 is 8.78 Å². The first-order valence-electron chi connectivity index (χ1n) is 11.9. The Labute approximate surface area is 176 Å². The molecule has 0 amide bonds. The van der Waals surface area contributed by atoms with E-state index in [9.17, 15) is 8.78 Å². The maximum absolute atomic E-state index is 14.6. The molecule has 0 spiro atoms. The molecule has 0 nitrogen and oxygen atoms in total. The molecule has 2 heteroatoms. The Kier molecular flexibility index (Phi) is 8.51. The highest BCUT2D eigenvalue weighted by molar-refractivity contribution is 5.36. The summed E-state index contributed by atoms with van der Waals surface area (Å²) >= 11 is 0. The third kappa shape index (κ3) is 6.27. The molecule has 0 saturated heterocycles. The standard InChI is InChI=1S/C27H38F2/c1-3-4-5-6-7-8-9-25-26(28)18-24(19-27(25)29)23-16-14-22(15-17-23)21-12-10-20(2)11-13-21/h14-16,18-21,23H,3-13,17H2,1-2H3. The van der Waals surface area contributed by atoms with Crippen LogP contribution in [0.3, 0.4) is 0 Å². The molecule has 1 aromatic rings. The SMILES string of the molecule is CCCCCCCCc1c(F)cc(C2C=CC(C3CCC(C)CC3)=CC2)cc1F. The molecule has 0 radical (unpaired) electrons. The van der Waals surface area contributed by atoms with Crippen LogP contribution in [0.4, 0.5) is 8.78 Å². The maximum atomic E-state index is 14.6. The summed E-state index contributed by atoms with van der Waals surface area (Å²) in [6, 6.07) is 3.15. The van der Waals surface area contributed by atoms with Crippen molar-refractivity contribution in [2.75, 3.05) is 0 Å². The minimum absolute atomic E-state index is 0.0911. The van der Waals surface area contributed by atoms with Gasteiger partial charge in [0.15, 0.2) is 0 Å². The van der Waals surface area contributed by atoms with Gasteiger partial charge in [0.05, 0.1) is 0 Å². The van der Waals surface area contributed by atoms with Crippen LogP contribution in [0.1, 0.15) is 102 Å². The Morgan fingerprint density at radius 3 is 2.17 bits per heavy atom. The Morgan fingerprint density at radius 1 is 0.897 bits per heavy atom. The first-order valence-corrected chi connectivity index (χ1v) is 11.9. The molecule has 2 aliphatic carbocycles. The number of hydrogen-bond acceptors (Lipinski definition) is 0. The number of halogens is 2. The van der Waals surface area contributed by atoms with Gasteiger partial charge >= 0.3 is 0 Å². The monoisotopic (exact) mass is 400 g/mol. The van der Waals surface area contributed by atoms with Crippen LogP contribution < -0.4 is 0 Å². The highest BCUT2D eigenvalue weighted by Crippen LogP contribution is 2.37. The highest BCUT2D eigenvalue weighted by Gasteiger charge is 2.23. The predicted molar refractivity (Wildman–Crippen MR) is 119 cm³/mol. The molecule has 1 aromatic carbocycles. The largest absolute Gasteiger partial charge is 0.207 e. The number of hydrogen-bond donors (Lipinski definition) is 0. The van der Waals surface area contributed by atoms with Crippen LogP contribution in [0.25, 0.3) is 0 Å². The van der Waals surface area contributed by atoms with Crippen LogP contribution in [0.5, 0.6) is 0 Å². The third-order valence-electron chi connectivity index (χ3n) is 6.99. The lowest BCUT2D eigenvalue weighted by Gasteiger charge is -2.29. The van der Waals surface area contributed by atoms with E-state index in [-0.39, 0.29) is 23.1 Å². The second-order valence-electron chi connectivity index (χ2n) is 9.34. The van der Waals surface area contributed by atoms with Gasteiger partial charge in [0.1, 0.15) is 11.6 Å². The highest BCUT2D eigenvalue weighted by atomic mass is 19.1. The molecular formula is C27H38F2. The molecule has 0 bridgehead atoms. The van der Waals surface area contributed by atoms with E-state index in [4.69, 9.17) is 0 Å². The summed E-state index contributed by atoms with van der Waals surface area (Å²) in [6.07, 6.45) is 20.0. The molecule has 29 heavy (non-hydrogen) atoms. The summed E-state index contributed by atoms with van der Waals surface area (Å²) in [5.74, 6) is 0.897. The summed E-state index contributed by atoms with van der Waals surface area (Å²) in [7, 11) is 0. The summed E-state index contributed by atoms with van der Waals surface area (Å²) in [6.45, 7) is 4.54. The Bertz CT molecular complexity index is 684. The fourth-order valence-electron chi connectivity index (χ4n) is 4.94. The average Bonchev–Trinajstić information content (AvgIpc) is 2.73. The molecule has 2 aliphatic rings. The van der Waals surface area contributed by atoms with Crippen LogP contribution >= 0.6 is 0 Å². The minimum Gasteiger partial charge on any atom is -0.207 e. The molecule has 1 unspecified atom stereocenters. The molecular weight excluding hydrogens is 362 g/mol. The molecule has 0 N–H and O–H groups in total. The molecule has 3 rings (SSSR count). The first-order chi connectivity index (χ1) is 14.1. The van der Waals surface area contributed by atoms with Crippen LogP contribution in [0, 0.1) is 23.5 Å². The smallest absolute Gasteiger partial charge is 0.129 e. The van der Waals surface area contributed by atoms with Gasteiger partial charge in [0.25, 0.3) is 0 Å². The lowest BCUT2D eigenvalue weighted by atomic mass is 9.76. The zero-order valence-electron chi connectivity index (χ0n) is 18.4. The molecule has 1 fully saturated rings. The first kappa shape index (κ1) is 22.2. The number of allylic oxidation sites excluding steroid dienone is 4. The zero-order valence-corrected chi connectivity index (χ0v) is 18.4. The summed E-state index contributed by atoms with van der Waals surface area (Å²) in [5, 5.41) is 0. The van der Waals surface area contributed by atoms with Gasteiger partial charge in [-0.3, -0.25) is 0 Å². The van der Waals surface area contributed by atoms with E-state index in [1.54, 1.807) is 12.1 Å². The van der Waals surface area contributed by atoms with E-state index in [2.05, 4.69) is 32.1 Å². The minimum atomic E-state index is -0.363. The van der Waals surface area contributed by atoms with E-state index >= 15 is 0 Å². The Morgan fingerprint density at radius 2 is 1.55 bits per heavy atom. The average molecular weight is 401 g/mol. The lowest BCUT2D eigenvalue weighted by Crippen LogP contribution is -2.15. The fourth-order valence-corrected chi connectivity index (χ4v) is 4.94. The van der Waals surface area contributed by atoms with Crippen molar-refractivity contribution >= 4 is 0 Å². The maximum Gasteiger partial charge on any atom is 0.129 e. The number of rotatable bonds is 9. The second kappa shape index (κ2) is 11.1. The lowest BCUT2D eigenvalue weighted by molar-refractivity contribution is 0.322. The number of unbranched alkanes of at least 4 members (excludes halogenated alkanes) is 5. The van der Waals surface area contributed by atoms with Gasteiger partial charge in [0.2, 0.25) is 0 Å². The van der Waals surface area contributed by atoms with Gasteiger partial charge < -0.3 is 0 Å². The third-order valence-corrected chi connectivity index (χ3v) is 6.99. The van der Waals surface area contributed by atoms with Gasteiger partial charge in [-0.1, -0.05) is 77.0 Å². The van der Waals surface area contributed by atoms with Crippen molar-refractivity contribution in [3.05, 3.63) is 58.7 Å². The molecule has 0 aliphatic heterocycles. The fraction of sp³-hybridized carbons (Fsp3) is 0.630. The van der Waals surface area contributed by atoms with Gasteiger partial charge in [0, 0.05) is 11.5 Å². The van der Waals surface area contributed by atoms with Crippen molar-refractivity contribution in [2.24, 2.45) is 11.8 Å². The van der Waals surface area contributed by atoms with E-state index in [0.29, 0.717) is 12.3 Å². The quantitative estimate of drug-likeness (QED) is 0.364. The van der Waals surface area contributed by atoms with Crippen molar-refractivity contribution in [1.29, 1.82) is 0 Å². The predicted octanol–water partition coefficient (Wildman–Crippen LogP) is 8.66. The van der Waals surface area contributed by atoms with Crippen LogP contribution in [-0.2, 0) is 6.42 Å². The summed E-state index contributed by atoms with van der Waals surface area (Å²) in [4.78, 5) is 0. The second-order valence-corrected chi connectivity index (χ2v) is 9.34. The summed E-state index contributed by atoms with van der Waals surface area (Å²) < 4.78 is 29.2. The van der Waals surface area contributed by atoms with Crippen LogP contribution in [0.15, 0.2) is 35.9 Å². The van der Waals surface area contributed by atoms with Crippen molar-refractivity contribution in [2.45, 2.75) is 96.8 Å². The Hall–Kier alpha value is -1.44. The molecule has 1 atom stereocenters. The zero-order chi connectivity index (χ0) is 20.6. The van der Waals surface area contributed by atoms with Crippen molar-refractivity contribution in [3.8, 4) is 0 Å². The van der Waals surface area contributed by atoms with Crippen LogP contribution in [-0.4, -0.2) is 0 Å². The summed E-state index contributed by atoms with van der Waals surface area (Å²) in [5.41, 5.74) is 2.49. The van der Waals surface area contributed by atoms with E-state index < -0.39 is 0 Å². The van der Waals surface area contributed by atoms with E-state index in [1.807, 2.05) is 0 Å². The van der Waals surface area contributed by atoms with Gasteiger partial charge in [-0.2, -0.15) is 0 Å². The Balaban J connectivity index is 1.55. The van der Waals surface area contributed by atoms with Gasteiger partial charge in [-0.05, 0) is 67.2 Å².